The summed E-state index contributed by atoms with van der Waals surface area (Å²) < 4.78 is 5.60. The normalized spacial score (nSPS) is 13.3. The zero-order valence-electron chi connectivity index (χ0n) is 12.0. The maximum Gasteiger partial charge on any atom is 0.261 e. The lowest BCUT2D eigenvalue weighted by Gasteiger charge is -2.19. The van der Waals surface area contributed by atoms with Crippen LogP contribution in [0.25, 0.3) is 0 Å². The topological polar surface area (TPSA) is 38.3 Å². The summed E-state index contributed by atoms with van der Waals surface area (Å²) in [5.74, 6) is 0.334. The van der Waals surface area contributed by atoms with Crippen molar-refractivity contribution in [1.29, 1.82) is 0 Å². The van der Waals surface area contributed by atoms with Crippen molar-refractivity contribution in [3.63, 3.8) is 0 Å². The Kier molecular flexibility index (Phi) is 5.23. The molecule has 4 heteroatoms. The van der Waals surface area contributed by atoms with Gasteiger partial charge in [-0.1, -0.05) is 54.1 Å². The zero-order valence-corrected chi connectivity index (χ0v) is 12.8. The molecule has 0 fully saturated rings. The van der Waals surface area contributed by atoms with Crippen LogP contribution in [-0.2, 0) is 4.79 Å². The number of carbonyl (C=O) groups is 1. The van der Waals surface area contributed by atoms with Crippen molar-refractivity contribution in [1.82, 2.24) is 5.32 Å². The van der Waals surface area contributed by atoms with E-state index in [1.165, 1.54) is 0 Å². The molecule has 0 heterocycles. The van der Waals surface area contributed by atoms with Crippen LogP contribution >= 0.6 is 11.6 Å². The molecule has 2 aromatic carbocycles. The van der Waals surface area contributed by atoms with Gasteiger partial charge in [0.1, 0.15) is 5.75 Å². The number of halogens is 1. The van der Waals surface area contributed by atoms with Crippen molar-refractivity contribution < 1.29 is 9.53 Å². The molecular formula is C17H18ClNO2. The summed E-state index contributed by atoms with van der Waals surface area (Å²) in [7, 11) is 0. The van der Waals surface area contributed by atoms with Crippen LogP contribution < -0.4 is 10.1 Å². The minimum absolute atomic E-state index is 0.0732. The van der Waals surface area contributed by atoms with Crippen molar-refractivity contribution in [3.8, 4) is 5.75 Å². The van der Waals surface area contributed by atoms with Gasteiger partial charge in [-0.25, -0.2) is 0 Å². The largest absolute Gasteiger partial charge is 0.479 e. The van der Waals surface area contributed by atoms with Crippen LogP contribution in [0.15, 0.2) is 54.6 Å². The Morgan fingerprint density at radius 2 is 1.67 bits per heavy atom. The van der Waals surface area contributed by atoms with E-state index in [1.54, 1.807) is 19.1 Å². The molecule has 0 bridgehead atoms. The van der Waals surface area contributed by atoms with Crippen molar-refractivity contribution in [2.24, 2.45) is 0 Å². The van der Waals surface area contributed by atoms with Crippen LogP contribution in [0.4, 0.5) is 0 Å². The van der Waals surface area contributed by atoms with E-state index in [-0.39, 0.29) is 11.9 Å². The third-order valence-corrected chi connectivity index (χ3v) is 3.48. The summed E-state index contributed by atoms with van der Waals surface area (Å²) in [5.41, 5.74) is 1.05. The van der Waals surface area contributed by atoms with Gasteiger partial charge in [-0.3, -0.25) is 4.79 Å². The highest BCUT2D eigenvalue weighted by Crippen LogP contribution is 2.24. The van der Waals surface area contributed by atoms with Gasteiger partial charge in [-0.05, 0) is 31.5 Å². The van der Waals surface area contributed by atoms with Gasteiger partial charge in [-0.15, -0.1) is 0 Å². The van der Waals surface area contributed by atoms with Gasteiger partial charge in [0.05, 0.1) is 11.1 Å². The predicted molar refractivity (Wildman–Crippen MR) is 84.5 cm³/mol. The Morgan fingerprint density at radius 1 is 1.05 bits per heavy atom. The Hall–Kier alpha value is -2.00. The Bertz CT molecular complexity index is 601. The van der Waals surface area contributed by atoms with Crippen LogP contribution in [0.5, 0.6) is 5.75 Å². The fraction of sp³-hybridized carbons (Fsp3) is 0.235. The van der Waals surface area contributed by atoms with E-state index in [4.69, 9.17) is 16.3 Å². The van der Waals surface area contributed by atoms with Crippen molar-refractivity contribution >= 4 is 17.5 Å². The molecule has 2 unspecified atom stereocenters. The molecule has 0 saturated heterocycles. The molecule has 0 aliphatic heterocycles. The van der Waals surface area contributed by atoms with Crippen LogP contribution in [-0.4, -0.2) is 12.0 Å². The highest BCUT2D eigenvalue weighted by atomic mass is 35.5. The summed E-state index contributed by atoms with van der Waals surface area (Å²) in [5, 5.41) is 3.42. The van der Waals surface area contributed by atoms with Crippen LogP contribution in [0.1, 0.15) is 25.5 Å². The van der Waals surface area contributed by atoms with E-state index in [0.29, 0.717) is 10.8 Å². The molecule has 0 radical (unpaired) electrons. The van der Waals surface area contributed by atoms with Gasteiger partial charge in [0, 0.05) is 0 Å². The van der Waals surface area contributed by atoms with Gasteiger partial charge in [-0.2, -0.15) is 0 Å². The molecule has 2 rings (SSSR count). The fourth-order valence-corrected chi connectivity index (χ4v) is 2.12. The minimum Gasteiger partial charge on any atom is -0.479 e. The van der Waals surface area contributed by atoms with E-state index in [2.05, 4.69) is 5.32 Å². The number of carbonyl (C=O) groups excluding carboxylic acids is 1. The Morgan fingerprint density at radius 3 is 2.33 bits per heavy atom. The van der Waals surface area contributed by atoms with Crippen LogP contribution in [0, 0.1) is 0 Å². The van der Waals surface area contributed by atoms with Gasteiger partial charge < -0.3 is 10.1 Å². The first-order valence-corrected chi connectivity index (χ1v) is 7.22. The van der Waals surface area contributed by atoms with Gasteiger partial charge in [0.25, 0.3) is 5.91 Å². The van der Waals surface area contributed by atoms with E-state index in [9.17, 15) is 4.79 Å². The lowest BCUT2D eigenvalue weighted by molar-refractivity contribution is -0.127. The fourth-order valence-electron chi connectivity index (χ4n) is 1.94. The standard InChI is InChI=1S/C17H18ClNO2/c1-12(14-8-4-3-5-9-14)19-17(20)13(2)21-16-11-7-6-10-15(16)18/h3-13H,1-2H3,(H,19,20). The highest BCUT2D eigenvalue weighted by Gasteiger charge is 2.18. The van der Waals surface area contributed by atoms with Crippen molar-refractivity contribution in [2.75, 3.05) is 0 Å². The maximum absolute atomic E-state index is 12.2. The second-order valence-corrected chi connectivity index (χ2v) is 5.24. The summed E-state index contributed by atoms with van der Waals surface area (Å²) in [6, 6.07) is 16.8. The maximum atomic E-state index is 12.2. The molecule has 0 aliphatic carbocycles. The average molecular weight is 304 g/mol. The molecule has 0 spiro atoms. The van der Waals surface area contributed by atoms with Crippen molar-refractivity contribution in [3.05, 3.63) is 65.2 Å². The molecule has 3 nitrogen and oxygen atoms in total. The smallest absolute Gasteiger partial charge is 0.261 e. The summed E-state index contributed by atoms with van der Waals surface area (Å²) in [4.78, 5) is 12.2. The predicted octanol–water partition coefficient (Wildman–Crippen LogP) is 3.98. The molecule has 1 amide bonds. The second-order valence-electron chi connectivity index (χ2n) is 4.83. The van der Waals surface area contributed by atoms with Gasteiger partial charge >= 0.3 is 0 Å². The summed E-state index contributed by atoms with van der Waals surface area (Å²) in [6.07, 6.45) is -0.615. The number of para-hydroxylation sites is 1. The van der Waals surface area contributed by atoms with E-state index in [0.717, 1.165) is 5.56 Å². The highest BCUT2D eigenvalue weighted by molar-refractivity contribution is 6.32. The number of hydrogen-bond acceptors (Lipinski definition) is 2. The van der Waals surface area contributed by atoms with E-state index in [1.807, 2.05) is 49.4 Å². The molecular weight excluding hydrogens is 286 g/mol. The number of amides is 1. The number of ether oxygens (including phenoxy) is 1. The molecule has 110 valence electrons. The Labute approximate surface area is 129 Å². The third kappa shape index (κ3) is 4.23. The van der Waals surface area contributed by atoms with Crippen LogP contribution in [0.2, 0.25) is 5.02 Å². The van der Waals surface area contributed by atoms with Gasteiger partial charge in [0.2, 0.25) is 0 Å². The number of rotatable bonds is 5. The van der Waals surface area contributed by atoms with Gasteiger partial charge in [0.15, 0.2) is 6.10 Å². The van der Waals surface area contributed by atoms with Crippen LogP contribution in [0.3, 0.4) is 0 Å². The third-order valence-electron chi connectivity index (χ3n) is 3.17. The molecule has 2 aromatic rings. The van der Waals surface area contributed by atoms with E-state index < -0.39 is 6.10 Å². The first-order valence-electron chi connectivity index (χ1n) is 6.84. The lowest BCUT2D eigenvalue weighted by Crippen LogP contribution is -2.37. The lowest BCUT2D eigenvalue weighted by atomic mass is 10.1. The minimum atomic E-state index is -0.615. The first kappa shape index (κ1) is 15.4. The molecule has 0 aliphatic rings. The second kappa shape index (κ2) is 7.14. The monoisotopic (exact) mass is 303 g/mol. The number of benzene rings is 2. The number of hydrogen-bond donors (Lipinski definition) is 1. The molecule has 21 heavy (non-hydrogen) atoms. The number of nitrogens with one attached hydrogen (secondary N) is 1. The molecule has 0 saturated carbocycles. The van der Waals surface area contributed by atoms with Crippen molar-refractivity contribution in [2.45, 2.75) is 26.0 Å². The Balaban J connectivity index is 1.95. The molecule has 0 aromatic heterocycles. The van der Waals surface area contributed by atoms with E-state index >= 15 is 0 Å². The first-order chi connectivity index (χ1) is 10.1. The SMILES string of the molecule is CC(Oc1ccccc1Cl)C(=O)NC(C)c1ccccc1. The molecule has 2 atom stereocenters. The average Bonchev–Trinajstić information content (AvgIpc) is 2.50. The quantitative estimate of drug-likeness (QED) is 0.907. The summed E-state index contributed by atoms with van der Waals surface area (Å²) in [6.45, 7) is 3.64. The summed E-state index contributed by atoms with van der Waals surface area (Å²) >= 11 is 6.02. The molecule has 1 N–H and O–H groups in total. The zero-order chi connectivity index (χ0) is 15.2.